The predicted molar refractivity (Wildman–Crippen MR) is 82.4 cm³/mol. The first-order valence-electron chi connectivity index (χ1n) is 7.56. The number of amides is 1. The van der Waals surface area contributed by atoms with E-state index < -0.39 is 0 Å². The van der Waals surface area contributed by atoms with Crippen molar-refractivity contribution in [3.05, 3.63) is 41.5 Å². The van der Waals surface area contributed by atoms with E-state index in [0.717, 1.165) is 17.1 Å². The largest absolute Gasteiger partial charge is 0.377 e. The van der Waals surface area contributed by atoms with Gasteiger partial charge in [-0.1, -0.05) is 0 Å². The van der Waals surface area contributed by atoms with E-state index in [0.29, 0.717) is 19.8 Å². The highest BCUT2D eigenvalue weighted by molar-refractivity contribution is 5.76. The summed E-state index contributed by atoms with van der Waals surface area (Å²) in [4.78, 5) is 14.7. The van der Waals surface area contributed by atoms with Gasteiger partial charge in [0.05, 0.1) is 24.9 Å². The van der Waals surface area contributed by atoms with Gasteiger partial charge in [0.15, 0.2) is 0 Å². The Kier molecular flexibility index (Phi) is 4.02. The number of rotatable bonds is 3. The Bertz CT molecular complexity index is 673. The first-order valence-corrected chi connectivity index (χ1v) is 7.56. The van der Waals surface area contributed by atoms with Crippen LogP contribution >= 0.6 is 0 Å². The summed E-state index contributed by atoms with van der Waals surface area (Å²) in [6, 6.07) is 6.00. The molecule has 1 saturated heterocycles. The number of morpholine rings is 1. The van der Waals surface area contributed by atoms with Gasteiger partial charge in [0, 0.05) is 31.2 Å². The van der Waals surface area contributed by atoms with Crippen LogP contribution in [0.15, 0.2) is 24.4 Å². The molecule has 0 aromatic carbocycles. The first kappa shape index (κ1) is 14.8. The van der Waals surface area contributed by atoms with E-state index in [4.69, 9.17) is 4.74 Å². The lowest BCUT2D eigenvalue weighted by Gasteiger charge is -2.36. The minimum atomic E-state index is -0.0294. The molecule has 2 aromatic heterocycles. The fourth-order valence-corrected chi connectivity index (χ4v) is 3.02. The molecule has 2 aromatic rings. The molecule has 1 aliphatic rings. The van der Waals surface area contributed by atoms with Gasteiger partial charge in [0.1, 0.15) is 6.54 Å². The molecule has 1 atom stereocenters. The Labute approximate surface area is 130 Å². The van der Waals surface area contributed by atoms with Crippen LogP contribution in [0.2, 0.25) is 0 Å². The molecule has 22 heavy (non-hydrogen) atoms. The van der Waals surface area contributed by atoms with Crippen LogP contribution in [0.25, 0.3) is 0 Å². The molecule has 0 spiro atoms. The molecule has 0 N–H and O–H groups in total. The number of carbonyl (C=O) groups is 1. The van der Waals surface area contributed by atoms with Crippen LogP contribution in [0.1, 0.15) is 23.1 Å². The van der Waals surface area contributed by atoms with E-state index in [1.165, 1.54) is 0 Å². The first-order chi connectivity index (χ1) is 10.6. The van der Waals surface area contributed by atoms with E-state index >= 15 is 0 Å². The smallest absolute Gasteiger partial charge is 0.245 e. The molecule has 6 heteroatoms. The van der Waals surface area contributed by atoms with Crippen LogP contribution in [-0.2, 0) is 23.1 Å². The molecule has 118 valence electrons. The molecule has 0 saturated carbocycles. The van der Waals surface area contributed by atoms with Crippen LogP contribution in [-0.4, -0.2) is 44.9 Å². The van der Waals surface area contributed by atoms with Gasteiger partial charge in [-0.25, -0.2) is 0 Å². The average molecular weight is 302 g/mol. The van der Waals surface area contributed by atoms with Crippen molar-refractivity contribution < 1.29 is 9.53 Å². The number of carbonyl (C=O) groups excluding carboxylic acids is 1. The number of nitrogens with zero attached hydrogens (tertiary/aromatic N) is 4. The Balaban J connectivity index is 1.80. The van der Waals surface area contributed by atoms with Crippen molar-refractivity contribution in [3.8, 4) is 0 Å². The van der Waals surface area contributed by atoms with Crippen molar-refractivity contribution in [3.63, 3.8) is 0 Å². The summed E-state index contributed by atoms with van der Waals surface area (Å²) in [7, 11) is 1.99. The quantitative estimate of drug-likeness (QED) is 0.862. The Morgan fingerprint density at radius 3 is 2.91 bits per heavy atom. The summed E-state index contributed by atoms with van der Waals surface area (Å²) in [5.74, 6) is 0.0840. The maximum absolute atomic E-state index is 12.7. The number of aryl methyl sites for hydroxylation is 3. The average Bonchev–Trinajstić information content (AvgIpc) is 3.04. The van der Waals surface area contributed by atoms with Crippen molar-refractivity contribution >= 4 is 5.91 Å². The van der Waals surface area contributed by atoms with Crippen LogP contribution in [0.4, 0.5) is 0 Å². The summed E-state index contributed by atoms with van der Waals surface area (Å²) < 4.78 is 9.41. The standard InChI is InChI=1S/C16H22N4O2/c1-12-9-13(2)20(17-12)10-16(21)19-7-8-22-11-15(19)14-5-4-6-18(14)3/h4-6,9,15H,7-8,10-11H2,1-3H3/t15-/m0/s1. The number of aromatic nitrogens is 3. The Hall–Kier alpha value is -2.08. The lowest BCUT2D eigenvalue weighted by atomic mass is 10.1. The number of ether oxygens (including phenoxy) is 1. The number of hydrogen-bond acceptors (Lipinski definition) is 3. The third-order valence-corrected chi connectivity index (χ3v) is 4.16. The monoisotopic (exact) mass is 302 g/mol. The fraction of sp³-hybridized carbons (Fsp3) is 0.500. The van der Waals surface area contributed by atoms with Crippen molar-refractivity contribution in [2.75, 3.05) is 19.8 Å². The van der Waals surface area contributed by atoms with Gasteiger partial charge in [-0.05, 0) is 32.0 Å². The van der Waals surface area contributed by atoms with Crippen molar-refractivity contribution in [2.24, 2.45) is 7.05 Å². The third kappa shape index (κ3) is 2.78. The van der Waals surface area contributed by atoms with Crippen LogP contribution in [0.5, 0.6) is 0 Å². The zero-order valence-corrected chi connectivity index (χ0v) is 13.3. The lowest BCUT2D eigenvalue weighted by Crippen LogP contribution is -2.45. The highest BCUT2D eigenvalue weighted by Gasteiger charge is 2.30. The molecular weight excluding hydrogens is 280 g/mol. The van der Waals surface area contributed by atoms with E-state index in [9.17, 15) is 4.79 Å². The Morgan fingerprint density at radius 2 is 2.27 bits per heavy atom. The molecule has 0 aliphatic carbocycles. The molecule has 0 bridgehead atoms. The minimum Gasteiger partial charge on any atom is -0.377 e. The molecule has 0 radical (unpaired) electrons. The van der Waals surface area contributed by atoms with Gasteiger partial charge in [-0.15, -0.1) is 0 Å². The normalized spacial score (nSPS) is 18.7. The summed E-state index contributed by atoms with van der Waals surface area (Å²) >= 11 is 0. The van der Waals surface area contributed by atoms with E-state index in [2.05, 4.69) is 5.10 Å². The predicted octanol–water partition coefficient (Wildman–Crippen LogP) is 1.44. The Morgan fingerprint density at radius 1 is 1.45 bits per heavy atom. The highest BCUT2D eigenvalue weighted by Crippen LogP contribution is 2.24. The lowest BCUT2D eigenvalue weighted by molar-refractivity contribution is -0.141. The SMILES string of the molecule is Cc1cc(C)n(CC(=O)N2CCOC[C@H]2c2cccn2C)n1. The molecule has 1 fully saturated rings. The van der Waals surface area contributed by atoms with Gasteiger partial charge in [0.25, 0.3) is 0 Å². The van der Waals surface area contributed by atoms with E-state index in [1.807, 2.05) is 54.8 Å². The van der Waals surface area contributed by atoms with Crippen molar-refractivity contribution in [1.29, 1.82) is 0 Å². The molecule has 0 unspecified atom stereocenters. The molecule has 1 amide bonds. The molecular formula is C16H22N4O2. The van der Waals surface area contributed by atoms with Gasteiger partial charge in [-0.3, -0.25) is 9.48 Å². The summed E-state index contributed by atoms with van der Waals surface area (Å²) in [5, 5.41) is 4.38. The zero-order chi connectivity index (χ0) is 15.7. The van der Waals surface area contributed by atoms with Gasteiger partial charge in [0.2, 0.25) is 5.91 Å². The molecule has 3 heterocycles. The summed E-state index contributed by atoms with van der Waals surface area (Å²) in [6.07, 6.45) is 1.99. The molecule has 3 rings (SSSR count). The molecule has 1 aliphatic heterocycles. The van der Waals surface area contributed by atoms with Crippen LogP contribution < -0.4 is 0 Å². The minimum absolute atomic E-state index is 0.0294. The second kappa shape index (κ2) is 5.96. The number of hydrogen-bond donors (Lipinski definition) is 0. The van der Waals surface area contributed by atoms with Gasteiger partial charge < -0.3 is 14.2 Å². The summed E-state index contributed by atoms with van der Waals surface area (Å²) in [6.45, 7) is 5.94. The van der Waals surface area contributed by atoms with E-state index in [-0.39, 0.29) is 18.5 Å². The second-order valence-electron chi connectivity index (χ2n) is 5.81. The van der Waals surface area contributed by atoms with Gasteiger partial charge in [-0.2, -0.15) is 5.10 Å². The summed E-state index contributed by atoms with van der Waals surface area (Å²) in [5.41, 5.74) is 3.04. The maximum atomic E-state index is 12.7. The fourth-order valence-electron chi connectivity index (χ4n) is 3.02. The second-order valence-corrected chi connectivity index (χ2v) is 5.81. The van der Waals surface area contributed by atoms with Crippen LogP contribution in [0.3, 0.4) is 0 Å². The van der Waals surface area contributed by atoms with E-state index in [1.54, 1.807) is 4.68 Å². The highest BCUT2D eigenvalue weighted by atomic mass is 16.5. The maximum Gasteiger partial charge on any atom is 0.245 e. The van der Waals surface area contributed by atoms with Crippen molar-refractivity contribution in [1.82, 2.24) is 19.2 Å². The topological polar surface area (TPSA) is 52.3 Å². The van der Waals surface area contributed by atoms with Crippen LogP contribution in [0, 0.1) is 13.8 Å². The zero-order valence-electron chi connectivity index (χ0n) is 13.3. The third-order valence-electron chi connectivity index (χ3n) is 4.16. The van der Waals surface area contributed by atoms with Gasteiger partial charge >= 0.3 is 0 Å². The van der Waals surface area contributed by atoms with Crippen molar-refractivity contribution in [2.45, 2.75) is 26.4 Å². The molecule has 6 nitrogen and oxygen atoms in total.